The van der Waals surface area contributed by atoms with Crippen molar-refractivity contribution < 1.29 is 23.8 Å². The van der Waals surface area contributed by atoms with Crippen LogP contribution in [0.5, 0.6) is 5.75 Å². The third kappa shape index (κ3) is 7.16. The molecule has 0 spiro atoms. The number of aromatic nitrogens is 1. The lowest BCUT2D eigenvalue weighted by Crippen LogP contribution is -2.41. The van der Waals surface area contributed by atoms with Gasteiger partial charge < -0.3 is 29.0 Å². The molecule has 0 saturated carbocycles. The molecule has 0 radical (unpaired) electrons. The maximum Gasteiger partial charge on any atom is 0.407 e. The summed E-state index contributed by atoms with van der Waals surface area (Å²) in [5.41, 5.74) is 0.695. The molecule has 1 aromatic heterocycles. The molecular formula is C27H40BrN3O5. The van der Waals surface area contributed by atoms with Crippen LogP contribution in [0.4, 0.5) is 4.79 Å². The molecule has 0 unspecified atom stereocenters. The Bertz CT molecular complexity index is 1070. The van der Waals surface area contributed by atoms with Crippen molar-refractivity contribution >= 4 is 38.9 Å². The van der Waals surface area contributed by atoms with Gasteiger partial charge >= 0.3 is 12.1 Å². The lowest BCUT2D eigenvalue weighted by atomic mass is 10.1. The lowest BCUT2D eigenvalue weighted by Gasteiger charge is -2.34. The summed E-state index contributed by atoms with van der Waals surface area (Å²) in [6.07, 6.45) is 1.61. The van der Waals surface area contributed by atoms with Crippen LogP contribution in [0.2, 0.25) is 0 Å². The molecule has 200 valence electrons. The second kappa shape index (κ2) is 11.9. The van der Waals surface area contributed by atoms with Crippen LogP contribution in [0.3, 0.4) is 0 Å². The van der Waals surface area contributed by atoms with E-state index in [2.05, 4.69) is 40.0 Å². The van der Waals surface area contributed by atoms with Crippen molar-refractivity contribution in [1.29, 1.82) is 0 Å². The van der Waals surface area contributed by atoms with Crippen LogP contribution < -0.4 is 10.1 Å². The molecular weight excluding hydrogens is 526 g/mol. The summed E-state index contributed by atoms with van der Waals surface area (Å²) in [6.45, 7) is 16.2. The highest BCUT2D eigenvalue weighted by atomic mass is 79.9. The zero-order valence-electron chi connectivity index (χ0n) is 22.5. The Kier molecular flexibility index (Phi) is 9.33. The molecule has 0 bridgehead atoms. The summed E-state index contributed by atoms with van der Waals surface area (Å²) in [7, 11) is 0. The third-order valence-electron chi connectivity index (χ3n) is 6.26. The maximum absolute atomic E-state index is 12.8. The number of rotatable bonds is 8. The van der Waals surface area contributed by atoms with Crippen LogP contribution in [0.1, 0.15) is 77.8 Å². The molecule has 1 fully saturated rings. The monoisotopic (exact) mass is 565 g/mol. The molecule has 1 atom stereocenters. The van der Waals surface area contributed by atoms with Gasteiger partial charge in [0.15, 0.2) is 0 Å². The molecule has 36 heavy (non-hydrogen) atoms. The second-order valence-electron chi connectivity index (χ2n) is 10.6. The Morgan fingerprint density at radius 1 is 1.14 bits per heavy atom. The van der Waals surface area contributed by atoms with Crippen molar-refractivity contribution in [1.82, 2.24) is 14.8 Å². The van der Waals surface area contributed by atoms with E-state index in [0.717, 1.165) is 47.1 Å². The fourth-order valence-electron chi connectivity index (χ4n) is 4.48. The molecule has 1 aliphatic heterocycles. The first-order chi connectivity index (χ1) is 16.9. The summed E-state index contributed by atoms with van der Waals surface area (Å²) >= 11 is 3.68. The molecule has 9 heteroatoms. The Labute approximate surface area is 222 Å². The summed E-state index contributed by atoms with van der Waals surface area (Å²) in [4.78, 5) is 27.5. The first-order valence-corrected chi connectivity index (χ1v) is 13.6. The van der Waals surface area contributed by atoms with Crippen LogP contribution in [0.15, 0.2) is 22.7 Å². The van der Waals surface area contributed by atoms with E-state index in [9.17, 15) is 9.59 Å². The number of benzene rings is 1. The minimum atomic E-state index is -0.587. The van der Waals surface area contributed by atoms with E-state index < -0.39 is 17.7 Å². The van der Waals surface area contributed by atoms with Gasteiger partial charge in [0.05, 0.1) is 16.6 Å². The van der Waals surface area contributed by atoms with Crippen LogP contribution >= 0.6 is 15.9 Å². The van der Waals surface area contributed by atoms with Gasteiger partial charge in [-0.15, -0.1) is 0 Å². The molecule has 1 amide bonds. The van der Waals surface area contributed by atoms with Gasteiger partial charge in [-0.3, -0.25) is 0 Å². The number of carbonyl (C=O) groups excluding carboxylic acids is 2. The fraction of sp³-hybridized carbons (Fsp3) is 0.630. The number of fused-ring (bicyclic) bond motifs is 1. The average molecular weight is 567 g/mol. The van der Waals surface area contributed by atoms with Crippen LogP contribution in [-0.2, 0) is 9.47 Å². The Balaban J connectivity index is 1.85. The highest BCUT2D eigenvalue weighted by Crippen LogP contribution is 2.35. The predicted molar refractivity (Wildman–Crippen MR) is 145 cm³/mol. The number of nitrogens with one attached hydrogen (secondary N) is 1. The molecule has 2 aromatic rings. The number of nitrogens with zero attached hydrogens (tertiary/aromatic N) is 2. The number of hydrogen-bond donors (Lipinski definition) is 1. The standard InChI is InChI=1S/C27H40BrN3O5/c1-8-34-25(32)23-13-19-14-24(35-20-9-11-30(12-10-20)17(2)3)21(28)15-22(19)31(23)18(4)16-29-26(33)36-27(5,6)7/h13-15,17-18,20H,8-12,16H2,1-7H3,(H,29,33)/t18-/m1/s1. The van der Waals surface area contributed by atoms with Gasteiger partial charge in [-0.05, 0) is 95.4 Å². The van der Waals surface area contributed by atoms with Gasteiger partial charge in [0.1, 0.15) is 23.1 Å². The summed E-state index contributed by atoms with van der Waals surface area (Å²) in [6, 6.07) is 6.09. The number of likely N-dealkylation sites (tertiary alicyclic amines) is 1. The van der Waals surface area contributed by atoms with E-state index in [1.165, 1.54) is 0 Å². The van der Waals surface area contributed by atoms with E-state index >= 15 is 0 Å². The average Bonchev–Trinajstić information content (AvgIpc) is 3.15. The van der Waals surface area contributed by atoms with E-state index in [4.69, 9.17) is 14.2 Å². The molecule has 1 saturated heterocycles. The quantitative estimate of drug-likeness (QED) is 0.400. The largest absolute Gasteiger partial charge is 0.489 e. The Hall–Kier alpha value is -2.26. The summed E-state index contributed by atoms with van der Waals surface area (Å²) < 4.78 is 19.8. The minimum Gasteiger partial charge on any atom is -0.489 e. The molecule has 1 N–H and O–H groups in total. The number of amides is 1. The van der Waals surface area contributed by atoms with Crippen molar-refractivity contribution in [2.75, 3.05) is 26.2 Å². The van der Waals surface area contributed by atoms with Crippen LogP contribution in [0, 0.1) is 0 Å². The first-order valence-electron chi connectivity index (χ1n) is 12.8. The maximum atomic E-state index is 12.8. The van der Waals surface area contributed by atoms with Crippen molar-refractivity contribution in [2.45, 2.75) is 85.1 Å². The number of carbonyl (C=O) groups is 2. The smallest absolute Gasteiger partial charge is 0.407 e. The van der Waals surface area contributed by atoms with E-state index in [-0.39, 0.29) is 25.3 Å². The molecule has 0 aliphatic carbocycles. The summed E-state index contributed by atoms with van der Waals surface area (Å²) in [5, 5.41) is 3.68. The number of piperidine rings is 1. The van der Waals surface area contributed by atoms with E-state index in [1.807, 2.05) is 50.5 Å². The molecule has 2 heterocycles. The predicted octanol–water partition coefficient (Wildman–Crippen LogP) is 5.92. The number of ether oxygens (including phenoxy) is 3. The highest BCUT2D eigenvalue weighted by molar-refractivity contribution is 9.10. The van der Waals surface area contributed by atoms with E-state index in [1.54, 1.807) is 6.92 Å². The number of alkyl carbamates (subject to hydrolysis) is 1. The zero-order chi connectivity index (χ0) is 26.6. The number of hydrogen-bond acceptors (Lipinski definition) is 6. The van der Waals surface area contributed by atoms with Crippen molar-refractivity contribution in [3.63, 3.8) is 0 Å². The van der Waals surface area contributed by atoms with Crippen LogP contribution in [-0.4, -0.2) is 65.5 Å². The van der Waals surface area contributed by atoms with Gasteiger partial charge in [-0.1, -0.05) is 0 Å². The fourth-order valence-corrected chi connectivity index (χ4v) is 4.91. The van der Waals surface area contributed by atoms with Crippen molar-refractivity contribution in [3.8, 4) is 5.75 Å². The first kappa shape index (κ1) is 28.3. The van der Waals surface area contributed by atoms with Gasteiger partial charge in [-0.2, -0.15) is 0 Å². The minimum absolute atomic E-state index is 0.150. The normalized spacial score (nSPS) is 16.2. The third-order valence-corrected chi connectivity index (χ3v) is 6.88. The SMILES string of the molecule is CCOC(=O)c1cc2cc(OC3CCN(C(C)C)CC3)c(Br)cc2n1[C@H](C)CNC(=O)OC(C)(C)C. The molecule has 1 aromatic carbocycles. The highest BCUT2D eigenvalue weighted by Gasteiger charge is 2.25. The zero-order valence-corrected chi connectivity index (χ0v) is 24.1. The van der Waals surface area contributed by atoms with Gasteiger partial charge in [0, 0.05) is 37.1 Å². The number of esters is 1. The molecule has 1 aliphatic rings. The Morgan fingerprint density at radius 2 is 1.81 bits per heavy atom. The second-order valence-corrected chi connectivity index (χ2v) is 11.5. The van der Waals surface area contributed by atoms with Gasteiger partial charge in [0.25, 0.3) is 0 Å². The molecule has 3 rings (SSSR count). The van der Waals surface area contributed by atoms with Gasteiger partial charge in [0.2, 0.25) is 0 Å². The summed E-state index contributed by atoms with van der Waals surface area (Å²) in [5.74, 6) is 0.357. The van der Waals surface area contributed by atoms with Crippen molar-refractivity contribution in [2.24, 2.45) is 0 Å². The molecule has 8 nitrogen and oxygen atoms in total. The lowest BCUT2D eigenvalue weighted by molar-refractivity contribution is 0.0512. The van der Waals surface area contributed by atoms with E-state index in [0.29, 0.717) is 11.7 Å². The van der Waals surface area contributed by atoms with Crippen molar-refractivity contribution in [3.05, 3.63) is 28.4 Å². The number of halogens is 1. The Morgan fingerprint density at radius 3 is 2.39 bits per heavy atom. The topological polar surface area (TPSA) is 82.0 Å². The van der Waals surface area contributed by atoms with Gasteiger partial charge in [-0.25, -0.2) is 9.59 Å². The van der Waals surface area contributed by atoms with Crippen LogP contribution in [0.25, 0.3) is 10.9 Å².